The number of carbonyl (C=O) groups is 1. The molecule has 0 saturated heterocycles. The minimum absolute atomic E-state index is 0.122. The van der Waals surface area contributed by atoms with Gasteiger partial charge in [-0.2, -0.15) is 0 Å². The van der Waals surface area contributed by atoms with Crippen LogP contribution in [-0.4, -0.2) is 43.4 Å². The number of pyridine rings is 1. The third-order valence-electron chi connectivity index (χ3n) is 5.70. The minimum atomic E-state index is -0.122. The van der Waals surface area contributed by atoms with E-state index in [1.807, 2.05) is 23.9 Å². The Morgan fingerprint density at radius 2 is 2.14 bits per heavy atom. The number of nitrogens with zero attached hydrogens (tertiary/aromatic N) is 5. The summed E-state index contributed by atoms with van der Waals surface area (Å²) in [5.41, 5.74) is 6.05. The molecular weight excluding hydrogens is 364 g/mol. The molecule has 3 aromatic rings. The van der Waals surface area contributed by atoms with Crippen molar-refractivity contribution in [2.45, 2.75) is 45.3 Å². The molecule has 7 nitrogen and oxygen atoms in total. The number of nitrogens with one attached hydrogen (secondary N) is 1. The highest BCUT2D eigenvalue weighted by Gasteiger charge is 2.27. The van der Waals surface area contributed by atoms with Gasteiger partial charge >= 0.3 is 0 Å². The van der Waals surface area contributed by atoms with Crippen molar-refractivity contribution in [3.63, 3.8) is 0 Å². The van der Waals surface area contributed by atoms with Crippen LogP contribution in [0.4, 0.5) is 0 Å². The number of carbonyl (C=O) groups excluding carboxylic acids is 1. The normalized spacial score (nSPS) is 16.4. The summed E-state index contributed by atoms with van der Waals surface area (Å²) in [4.78, 5) is 19.1. The molecule has 1 aliphatic heterocycles. The van der Waals surface area contributed by atoms with Crippen molar-refractivity contribution in [3.8, 4) is 5.69 Å². The Bertz CT molecular complexity index is 1040. The highest BCUT2D eigenvalue weighted by atomic mass is 16.2. The van der Waals surface area contributed by atoms with Crippen LogP contribution in [0.3, 0.4) is 0 Å². The summed E-state index contributed by atoms with van der Waals surface area (Å²) < 4.78 is 1.82. The second-order valence-electron chi connectivity index (χ2n) is 7.92. The molecule has 1 saturated carbocycles. The molecule has 0 atom stereocenters. The van der Waals surface area contributed by atoms with Gasteiger partial charge in [-0.05, 0) is 55.0 Å². The maximum absolute atomic E-state index is 12.4. The number of rotatable bonds is 5. The molecular formula is C22H24N6O. The summed E-state index contributed by atoms with van der Waals surface area (Å²) in [6.07, 6.45) is 6.79. The zero-order chi connectivity index (χ0) is 19.8. The number of hydrogen-bond acceptors (Lipinski definition) is 5. The summed E-state index contributed by atoms with van der Waals surface area (Å²) in [6, 6.07) is 10.7. The van der Waals surface area contributed by atoms with E-state index in [-0.39, 0.29) is 5.91 Å². The van der Waals surface area contributed by atoms with E-state index in [4.69, 9.17) is 0 Å². The third-order valence-corrected chi connectivity index (χ3v) is 5.70. The maximum Gasteiger partial charge on any atom is 0.273 e. The summed E-state index contributed by atoms with van der Waals surface area (Å²) in [7, 11) is 0. The van der Waals surface area contributed by atoms with E-state index >= 15 is 0 Å². The molecule has 5 rings (SSSR count). The molecule has 1 aromatic carbocycles. The van der Waals surface area contributed by atoms with Gasteiger partial charge in [-0.1, -0.05) is 23.4 Å². The van der Waals surface area contributed by atoms with Gasteiger partial charge in [-0.25, -0.2) is 4.68 Å². The second-order valence-corrected chi connectivity index (χ2v) is 7.92. The fourth-order valence-electron chi connectivity index (χ4n) is 3.98. The Hall–Kier alpha value is -3.06. The highest BCUT2D eigenvalue weighted by molar-refractivity contribution is 5.93. The highest BCUT2D eigenvalue weighted by Crippen LogP contribution is 2.27. The lowest BCUT2D eigenvalue weighted by Gasteiger charge is -2.30. The third kappa shape index (κ3) is 3.65. The Kier molecular flexibility index (Phi) is 4.60. The zero-order valence-corrected chi connectivity index (χ0v) is 16.5. The van der Waals surface area contributed by atoms with Gasteiger partial charge in [-0.3, -0.25) is 14.7 Å². The van der Waals surface area contributed by atoms with Crippen LogP contribution in [-0.2, 0) is 19.5 Å². The van der Waals surface area contributed by atoms with Crippen LogP contribution in [0.5, 0.6) is 0 Å². The molecule has 1 aliphatic carbocycles. The molecule has 0 radical (unpaired) electrons. The smallest absolute Gasteiger partial charge is 0.273 e. The van der Waals surface area contributed by atoms with Crippen LogP contribution < -0.4 is 5.32 Å². The van der Waals surface area contributed by atoms with Crippen molar-refractivity contribution in [1.82, 2.24) is 30.2 Å². The molecule has 1 amide bonds. The van der Waals surface area contributed by atoms with E-state index < -0.39 is 0 Å². The molecule has 1 fully saturated rings. The SMILES string of the molecule is Cc1c(C(=O)NC2CC2)nnn1-c1cccc2c1CCN(Cc1cccnc1)C2. The van der Waals surface area contributed by atoms with Crippen molar-refractivity contribution in [2.24, 2.45) is 0 Å². The van der Waals surface area contributed by atoms with Crippen LogP contribution in [0.2, 0.25) is 0 Å². The van der Waals surface area contributed by atoms with Crippen LogP contribution in [0, 0.1) is 6.92 Å². The summed E-state index contributed by atoms with van der Waals surface area (Å²) in [6.45, 7) is 4.67. The molecule has 1 N–H and O–H groups in total. The Morgan fingerprint density at radius 3 is 2.93 bits per heavy atom. The average Bonchev–Trinajstić information content (AvgIpc) is 3.47. The monoisotopic (exact) mass is 388 g/mol. The van der Waals surface area contributed by atoms with Crippen molar-refractivity contribution in [3.05, 3.63) is 70.8 Å². The van der Waals surface area contributed by atoms with Gasteiger partial charge in [0.15, 0.2) is 5.69 Å². The molecule has 3 heterocycles. The topological polar surface area (TPSA) is 75.9 Å². The number of benzene rings is 1. The molecule has 0 unspecified atom stereocenters. The fraction of sp³-hybridized carbons (Fsp3) is 0.364. The van der Waals surface area contributed by atoms with E-state index in [1.54, 1.807) is 6.20 Å². The predicted molar refractivity (Wildman–Crippen MR) is 109 cm³/mol. The fourth-order valence-corrected chi connectivity index (χ4v) is 3.98. The largest absolute Gasteiger partial charge is 0.348 e. The van der Waals surface area contributed by atoms with Crippen molar-refractivity contribution < 1.29 is 4.79 Å². The van der Waals surface area contributed by atoms with Gasteiger partial charge in [0.1, 0.15) is 0 Å². The first kappa shape index (κ1) is 18.0. The van der Waals surface area contributed by atoms with Gasteiger partial charge in [0, 0.05) is 38.1 Å². The second kappa shape index (κ2) is 7.40. The summed E-state index contributed by atoms with van der Waals surface area (Å²) >= 11 is 0. The van der Waals surface area contributed by atoms with Crippen LogP contribution in [0.1, 0.15) is 45.7 Å². The Labute approximate surface area is 169 Å². The number of fused-ring (bicyclic) bond motifs is 1. The molecule has 29 heavy (non-hydrogen) atoms. The summed E-state index contributed by atoms with van der Waals surface area (Å²) in [5, 5.41) is 11.5. The van der Waals surface area contributed by atoms with Gasteiger partial charge in [0.25, 0.3) is 5.91 Å². The zero-order valence-electron chi connectivity index (χ0n) is 16.5. The lowest BCUT2D eigenvalue weighted by molar-refractivity contribution is 0.0945. The average molecular weight is 388 g/mol. The molecule has 7 heteroatoms. The first-order chi connectivity index (χ1) is 14.2. The number of aromatic nitrogens is 4. The van der Waals surface area contributed by atoms with Gasteiger partial charge < -0.3 is 5.32 Å². The molecule has 2 aromatic heterocycles. The number of hydrogen-bond donors (Lipinski definition) is 1. The molecule has 148 valence electrons. The lowest BCUT2D eigenvalue weighted by atomic mass is 9.97. The molecule has 0 spiro atoms. The van der Waals surface area contributed by atoms with Crippen molar-refractivity contribution in [1.29, 1.82) is 0 Å². The quantitative estimate of drug-likeness (QED) is 0.726. The Morgan fingerprint density at radius 1 is 1.24 bits per heavy atom. The van der Waals surface area contributed by atoms with Gasteiger partial charge in [-0.15, -0.1) is 5.10 Å². The predicted octanol–water partition coefficient (Wildman–Crippen LogP) is 2.42. The van der Waals surface area contributed by atoms with Gasteiger partial charge in [0.2, 0.25) is 0 Å². The number of amides is 1. The van der Waals surface area contributed by atoms with Crippen LogP contribution in [0.25, 0.3) is 5.69 Å². The first-order valence-corrected chi connectivity index (χ1v) is 10.1. The van der Waals surface area contributed by atoms with Crippen molar-refractivity contribution in [2.75, 3.05) is 6.54 Å². The lowest BCUT2D eigenvalue weighted by Crippen LogP contribution is -2.31. The maximum atomic E-state index is 12.4. The van der Waals surface area contributed by atoms with Crippen LogP contribution in [0.15, 0.2) is 42.7 Å². The molecule has 0 bridgehead atoms. The standard InChI is InChI=1S/C22H24N6O/c1-15-21(22(29)24-18-7-8-18)25-26-28(15)20-6-2-5-17-14-27(11-9-19(17)20)13-16-4-3-10-23-12-16/h2-6,10,12,18H,7-9,11,13-14H2,1H3,(H,24,29). The minimum Gasteiger partial charge on any atom is -0.348 e. The van der Waals surface area contributed by atoms with E-state index in [2.05, 4.69) is 49.8 Å². The van der Waals surface area contributed by atoms with Gasteiger partial charge in [0.05, 0.1) is 11.4 Å². The Balaban J connectivity index is 1.39. The van der Waals surface area contributed by atoms with E-state index in [0.717, 1.165) is 50.3 Å². The van der Waals surface area contributed by atoms with Crippen LogP contribution >= 0.6 is 0 Å². The van der Waals surface area contributed by atoms with E-state index in [9.17, 15) is 4.79 Å². The van der Waals surface area contributed by atoms with E-state index in [1.165, 1.54) is 16.7 Å². The van der Waals surface area contributed by atoms with Crippen molar-refractivity contribution >= 4 is 5.91 Å². The van der Waals surface area contributed by atoms with E-state index in [0.29, 0.717) is 11.7 Å². The summed E-state index contributed by atoms with van der Waals surface area (Å²) in [5.74, 6) is -0.122. The first-order valence-electron chi connectivity index (χ1n) is 10.1. The molecule has 2 aliphatic rings.